The molecule has 0 radical (unpaired) electrons. The van der Waals surface area contributed by atoms with Crippen LogP contribution in [0.1, 0.15) is 52.9 Å². The fraction of sp³-hybridized carbons (Fsp3) is 0.941. The highest BCUT2D eigenvalue weighted by Gasteiger charge is 2.28. The van der Waals surface area contributed by atoms with Gasteiger partial charge in [0.1, 0.15) is 5.60 Å². The van der Waals surface area contributed by atoms with Crippen molar-refractivity contribution in [1.29, 1.82) is 0 Å². The van der Waals surface area contributed by atoms with Crippen molar-refractivity contribution in [2.75, 3.05) is 33.2 Å². The standard InChI is InChI=1S/C17H33N3O2/c1-17(2,3)22-16(21)18-14-7-5-6-8-15(13-14)20-11-9-19(4)10-12-20/h14-15H,5-13H2,1-4H3,(H,18,21)/t14-,15+/m0/s1. The second-order valence-electron chi connectivity index (χ2n) is 7.86. The molecule has 1 saturated carbocycles. The lowest BCUT2D eigenvalue weighted by atomic mass is 10.0. The summed E-state index contributed by atoms with van der Waals surface area (Å²) < 4.78 is 5.41. The van der Waals surface area contributed by atoms with Gasteiger partial charge in [-0.3, -0.25) is 4.90 Å². The average molecular weight is 311 g/mol. The Bertz CT molecular complexity index is 359. The molecule has 1 heterocycles. The molecule has 1 amide bonds. The van der Waals surface area contributed by atoms with Crippen LogP contribution in [0, 0.1) is 0 Å². The van der Waals surface area contributed by atoms with Crippen molar-refractivity contribution >= 4 is 6.09 Å². The van der Waals surface area contributed by atoms with E-state index in [2.05, 4.69) is 22.2 Å². The Balaban J connectivity index is 1.85. The number of carbonyl (C=O) groups excluding carboxylic acids is 1. The predicted octanol–water partition coefficient (Wildman–Crippen LogP) is 2.46. The summed E-state index contributed by atoms with van der Waals surface area (Å²) in [4.78, 5) is 17.0. The minimum Gasteiger partial charge on any atom is -0.444 e. The van der Waals surface area contributed by atoms with E-state index in [0.717, 1.165) is 39.0 Å². The molecule has 0 unspecified atom stereocenters. The number of nitrogens with zero attached hydrogens (tertiary/aromatic N) is 2. The molecule has 2 fully saturated rings. The topological polar surface area (TPSA) is 44.8 Å². The summed E-state index contributed by atoms with van der Waals surface area (Å²) in [5.41, 5.74) is -0.425. The first-order valence-electron chi connectivity index (χ1n) is 8.75. The first kappa shape index (κ1) is 17.5. The summed E-state index contributed by atoms with van der Waals surface area (Å²) in [6.45, 7) is 10.3. The Morgan fingerprint density at radius 2 is 1.73 bits per heavy atom. The Morgan fingerprint density at radius 1 is 1.09 bits per heavy atom. The van der Waals surface area contributed by atoms with Crippen molar-refractivity contribution in [3.05, 3.63) is 0 Å². The summed E-state index contributed by atoms with van der Waals surface area (Å²) in [5.74, 6) is 0. The number of hydrogen-bond acceptors (Lipinski definition) is 4. The fourth-order valence-electron chi connectivity index (χ4n) is 3.46. The van der Waals surface area contributed by atoms with Crippen LogP contribution in [0.4, 0.5) is 4.79 Å². The van der Waals surface area contributed by atoms with Crippen molar-refractivity contribution in [3.8, 4) is 0 Å². The Kier molecular flexibility index (Phi) is 6.09. The minimum atomic E-state index is -0.425. The minimum absolute atomic E-state index is 0.252. The molecule has 1 saturated heterocycles. The van der Waals surface area contributed by atoms with E-state index in [1.807, 2.05) is 20.8 Å². The van der Waals surface area contributed by atoms with Crippen molar-refractivity contribution in [2.24, 2.45) is 0 Å². The third kappa shape index (κ3) is 5.76. The van der Waals surface area contributed by atoms with Crippen LogP contribution in [0.25, 0.3) is 0 Å². The SMILES string of the molecule is CN1CCN([C@@H]2CCCC[C@H](NC(=O)OC(C)(C)C)C2)CC1. The zero-order valence-corrected chi connectivity index (χ0v) is 14.7. The van der Waals surface area contributed by atoms with Crippen LogP contribution >= 0.6 is 0 Å². The van der Waals surface area contributed by atoms with Crippen LogP contribution in [0.3, 0.4) is 0 Å². The van der Waals surface area contributed by atoms with Gasteiger partial charge in [0.15, 0.2) is 0 Å². The molecule has 128 valence electrons. The fourth-order valence-corrected chi connectivity index (χ4v) is 3.46. The number of alkyl carbamates (subject to hydrolysis) is 1. The van der Waals surface area contributed by atoms with Crippen LogP contribution in [0.2, 0.25) is 0 Å². The van der Waals surface area contributed by atoms with Crippen molar-refractivity contribution in [1.82, 2.24) is 15.1 Å². The van der Waals surface area contributed by atoms with Crippen LogP contribution in [-0.4, -0.2) is 66.8 Å². The van der Waals surface area contributed by atoms with Crippen LogP contribution in [-0.2, 0) is 4.74 Å². The quantitative estimate of drug-likeness (QED) is 0.796. The van der Waals surface area contributed by atoms with E-state index < -0.39 is 5.60 Å². The molecular weight excluding hydrogens is 278 g/mol. The molecule has 1 aliphatic heterocycles. The Hall–Kier alpha value is -0.810. The van der Waals surface area contributed by atoms with E-state index in [1.165, 1.54) is 19.3 Å². The Morgan fingerprint density at radius 3 is 2.36 bits per heavy atom. The molecule has 2 aliphatic rings. The van der Waals surface area contributed by atoms with E-state index in [1.54, 1.807) is 0 Å². The lowest BCUT2D eigenvalue weighted by molar-refractivity contribution is 0.0482. The zero-order valence-electron chi connectivity index (χ0n) is 14.7. The number of carbonyl (C=O) groups is 1. The van der Waals surface area contributed by atoms with Gasteiger partial charge < -0.3 is 15.0 Å². The summed E-state index contributed by atoms with van der Waals surface area (Å²) in [6.07, 6.45) is 5.59. The molecule has 1 aliphatic carbocycles. The third-order valence-corrected chi connectivity index (χ3v) is 4.67. The number of amides is 1. The van der Waals surface area contributed by atoms with E-state index >= 15 is 0 Å². The average Bonchev–Trinajstić information content (AvgIpc) is 2.63. The van der Waals surface area contributed by atoms with E-state index in [-0.39, 0.29) is 12.1 Å². The number of ether oxygens (including phenoxy) is 1. The van der Waals surface area contributed by atoms with Gasteiger partial charge in [0, 0.05) is 38.3 Å². The lowest BCUT2D eigenvalue weighted by Gasteiger charge is -2.38. The zero-order chi connectivity index (χ0) is 16.2. The largest absolute Gasteiger partial charge is 0.444 e. The predicted molar refractivity (Wildman–Crippen MR) is 89.1 cm³/mol. The van der Waals surface area contributed by atoms with E-state index in [0.29, 0.717) is 6.04 Å². The highest BCUT2D eigenvalue weighted by atomic mass is 16.6. The smallest absolute Gasteiger partial charge is 0.407 e. The second-order valence-corrected chi connectivity index (χ2v) is 7.86. The van der Waals surface area contributed by atoms with Crippen LogP contribution in [0.5, 0.6) is 0 Å². The molecule has 22 heavy (non-hydrogen) atoms. The number of nitrogens with one attached hydrogen (secondary N) is 1. The lowest BCUT2D eigenvalue weighted by Crippen LogP contribution is -2.50. The van der Waals surface area contributed by atoms with Crippen LogP contribution in [0.15, 0.2) is 0 Å². The summed E-state index contributed by atoms with van der Waals surface area (Å²) in [5, 5.41) is 3.10. The third-order valence-electron chi connectivity index (χ3n) is 4.67. The van der Waals surface area contributed by atoms with E-state index in [9.17, 15) is 4.79 Å². The number of likely N-dealkylation sites (N-methyl/N-ethyl adjacent to an activating group) is 1. The van der Waals surface area contributed by atoms with Gasteiger partial charge in [-0.1, -0.05) is 12.8 Å². The summed E-state index contributed by atoms with van der Waals surface area (Å²) in [7, 11) is 2.19. The van der Waals surface area contributed by atoms with Crippen molar-refractivity contribution in [3.63, 3.8) is 0 Å². The molecule has 0 bridgehead atoms. The maximum atomic E-state index is 12.0. The number of rotatable bonds is 2. The first-order chi connectivity index (χ1) is 10.3. The molecule has 0 aromatic heterocycles. The summed E-state index contributed by atoms with van der Waals surface area (Å²) in [6, 6.07) is 0.859. The molecule has 1 N–H and O–H groups in total. The maximum absolute atomic E-state index is 12.0. The Labute approximate surface area is 135 Å². The summed E-state index contributed by atoms with van der Waals surface area (Å²) >= 11 is 0. The molecule has 2 atom stereocenters. The number of hydrogen-bond donors (Lipinski definition) is 1. The van der Waals surface area contributed by atoms with Gasteiger partial charge in [-0.25, -0.2) is 4.79 Å². The molecule has 2 rings (SSSR count). The number of piperazine rings is 1. The van der Waals surface area contributed by atoms with Gasteiger partial charge >= 0.3 is 6.09 Å². The van der Waals surface area contributed by atoms with Gasteiger partial charge in [0.2, 0.25) is 0 Å². The van der Waals surface area contributed by atoms with Gasteiger partial charge in [-0.05, 0) is 47.1 Å². The van der Waals surface area contributed by atoms with Gasteiger partial charge in [0.25, 0.3) is 0 Å². The molecule has 0 aromatic rings. The molecular formula is C17H33N3O2. The van der Waals surface area contributed by atoms with Crippen molar-refractivity contribution in [2.45, 2.75) is 70.6 Å². The highest BCUT2D eigenvalue weighted by molar-refractivity contribution is 5.68. The normalized spacial score (nSPS) is 28.9. The monoisotopic (exact) mass is 311 g/mol. The molecule has 5 nitrogen and oxygen atoms in total. The van der Waals surface area contributed by atoms with Crippen LogP contribution < -0.4 is 5.32 Å². The highest BCUT2D eigenvalue weighted by Crippen LogP contribution is 2.23. The maximum Gasteiger partial charge on any atom is 0.407 e. The molecule has 0 aromatic carbocycles. The molecule has 5 heteroatoms. The van der Waals surface area contributed by atoms with E-state index in [4.69, 9.17) is 4.74 Å². The van der Waals surface area contributed by atoms with Gasteiger partial charge in [-0.15, -0.1) is 0 Å². The van der Waals surface area contributed by atoms with Gasteiger partial charge in [-0.2, -0.15) is 0 Å². The first-order valence-corrected chi connectivity index (χ1v) is 8.75. The van der Waals surface area contributed by atoms with Gasteiger partial charge in [0.05, 0.1) is 0 Å². The van der Waals surface area contributed by atoms with Crippen molar-refractivity contribution < 1.29 is 9.53 Å². The molecule has 0 spiro atoms. The second kappa shape index (κ2) is 7.64.